The first-order valence-corrected chi connectivity index (χ1v) is 5.28. The molecule has 0 aliphatic carbocycles. The van der Waals surface area contributed by atoms with Crippen molar-refractivity contribution in [1.29, 1.82) is 5.41 Å². The lowest BCUT2D eigenvalue weighted by Gasteiger charge is -2.10. The Balaban J connectivity index is 2.68. The molecular weight excluding hydrogens is 220 g/mol. The van der Waals surface area contributed by atoms with Gasteiger partial charge in [0, 0.05) is 18.7 Å². The number of aliphatic hydroxyl groups is 1. The maximum absolute atomic E-state index is 9.24. The minimum Gasteiger partial charge on any atom is -0.392 e. The van der Waals surface area contributed by atoms with E-state index in [9.17, 15) is 5.11 Å². The zero-order valence-corrected chi connectivity index (χ0v) is 9.57. The highest BCUT2D eigenvalue weighted by atomic mass is 16.6. The normalized spacial score (nSPS) is 10.5. The summed E-state index contributed by atoms with van der Waals surface area (Å²) in [5, 5.41) is 19.7. The summed E-state index contributed by atoms with van der Waals surface area (Å²) in [6.45, 7) is 1.60. The lowest BCUT2D eigenvalue weighted by atomic mass is 10.0. The zero-order valence-electron chi connectivity index (χ0n) is 9.57. The standard InChI is InChI=1S/C11H18N4O2/c12-11(13)8-1-2-9(10(5-8)7-16)6-15-3-4-17-14/h1-2,5,15-16H,3-4,6-7,14H2,(H3,12,13). The third-order valence-corrected chi connectivity index (χ3v) is 2.40. The summed E-state index contributed by atoms with van der Waals surface area (Å²) in [4.78, 5) is 4.43. The molecule has 1 rings (SSSR count). The van der Waals surface area contributed by atoms with E-state index in [1.54, 1.807) is 12.1 Å². The molecule has 1 aromatic rings. The third kappa shape index (κ3) is 4.12. The quantitative estimate of drug-likeness (QED) is 0.189. The van der Waals surface area contributed by atoms with Gasteiger partial charge < -0.3 is 21.0 Å². The highest BCUT2D eigenvalue weighted by molar-refractivity contribution is 5.95. The molecule has 0 spiro atoms. The number of hydrogen-bond donors (Lipinski definition) is 5. The fraction of sp³-hybridized carbons (Fsp3) is 0.364. The van der Waals surface area contributed by atoms with Crippen LogP contribution in [0.4, 0.5) is 0 Å². The van der Waals surface area contributed by atoms with E-state index in [1.165, 1.54) is 0 Å². The fourth-order valence-electron chi connectivity index (χ4n) is 1.47. The number of amidine groups is 1. The number of aliphatic hydroxyl groups excluding tert-OH is 1. The van der Waals surface area contributed by atoms with E-state index >= 15 is 0 Å². The van der Waals surface area contributed by atoms with Crippen LogP contribution < -0.4 is 16.9 Å². The van der Waals surface area contributed by atoms with Gasteiger partial charge in [-0.15, -0.1) is 0 Å². The second kappa shape index (κ2) is 6.97. The molecule has 0 saturated heterocycles. The summed E-state index contributed by atoms with van der Waals surface area (Å²) in [7, 11) is 0. The molecule has 0 atom stereocenters. The van der Waals surface area contributed by atoms with Crippen LogP contribution in [0.25, 0.3) is 0 Å². The van der Waals surface area contributed by atoms with Crippen LogP contribution in [0.2, 0.25) is 0 Å². The van der Waals surface area contributed by atoms with E-state index in [0.717, 1.165) is 11.1 Å². The first kappa shape index (κ1) is 13.6. The molecule has 0 unspecified atom stereocenters. The summed E-state index contributed by atoms with van der Waals surface area (Å²) in [6.07, 6.45) is 0. The monoisotopic (exact) mass is 238 g/mol. The van der Waals surface area contributed by atoms with Gasteiger partial charge in [0.25, 0.3) is 0 Å². The van der Waals surface area contributed by atoms with Crippen LogP contribution in [0, 0.1) is 5.41 Å². The topological polar surface area (TPSA) is 117 Å². The molecule has 6 heteroatoms. The molecule has 0 bridgehead atoms. The molecule has 0 amide bonds. The largest absolute Gasteiger partial charge is 0.392 e. The Bertz CT molecular complexity index is 382. The van der Waals surface area contributed by atoms with Crippen molar-refractivity contribution in [2.45, 2.75) is 13.2 Å². The fourth-order valence-corrected chi connectivity index (χ4v) is 1.47. The Morgan fingerprint density at radius 1 is 1.41 bits per heavy atom. The molecular formula is C11H18N4O2. The number of nitrogens with one attached hydrogen (secondary N) is 2. The van der Waals surface area contributed by atoms with E-state index < -0.39 is 0 Å². The van der Waals surface area contributed by atoms with Crippen LogP contribution in [0.5, 0.6) is 0 Å². The van der Waals surface area contributed by atoms with Gasteiger partial charge in [0.1, 0.15) is 5.84 Å². The van der Waals surface area contributed by atoms with E-state index in [0.29, 0.717) is 25.3 Å². The molecule has 17 heavy (non-hydrogen) atoms. The molecule has 94 valence electrons. The van der Waals surface area contributed by atoms with Crippen LogP contribution >= 0.6 is 0 Å². The molecule has 0 aliphatic heterocycles. The van der Waals surface area contributed by atoms with Gasteiger partial charge in [-0.25, -0.2) is 5.90 Å². The predicted molar refractivity (Wildman–Crippen MR) is 65.2 cm³/mol. The zero-order chi connectivity index (χ0) is 12.7. The lowest BCUT2D eigenvalue weighted by Crippen LogP contribution is -2.21. The highest BCUT2D eigenvalue weighted by Crippen LogP contribution is 2.12. The van der Waals surface area contributed by atoms with Gasteiger partial charge in [-0.1, -0.05) is 12.1 Å². The van der Waals surface area contributed by atoms with Gasteiger partial charge in [0.15, 0.2) is 0 Å². The van der Waals surface area contributed by atoms with Crippen LogP contribution in [0.15, 0.2) is 18.2 Å². The minimum absolute atomic E-state index is 0.00394. The van der Waals surface area contributed by atoms with E-state index in [1.807, 2.05) is 6.07 Å². The second-order valence-electron chi connectivity index (χ2n) is 3.60. The van der Waals surface area contributed by atoms with Crippen molar-refractivity contribution in [3.8, 4) is 0 Å². The Kier molecular flexibility index (Phi) is 5.58. The van der Waals surface area contributed by atoms with Gasteiger partial charge in [-0.2, -0.15) is 0 Å². The average Bonchev–Trinajstić information content (AvgIpc) is 2.34. The van der Waals surface area contributed by atoms with E-state index in [2.05, 4.69) is 10.2 Å². The van der Waals surface area contributed by atoms with Crippen molar-refractivity contribution in [2.24, 2.45) is 11.6 Å². The molecule has 0 aromatic heterocycles. The van der Waals surface area contributed by atoms with Crippen LogP contribution in [0.3, 0.4) is 0 Å². The Morgan fingerprint density at radius 3 is 2.76 bits per heavy atom. The van der Waals surface area contributed by atoms with Gasteiger partial charge in [0.2, 0.25) is 0 Å². The molecule has 0 heterocycles. The maximum Gasteiger partial charge on any atom is 0.122 e. The molecule has 0 aliphatic rings. The van der Waals surface area contributed by atoms with Crippen LogP contribution in [0.1, 0.15) is 16.7 Å². The molecule has 7 N–H and O–H groups in total. The number of nitrogens with two attached hydrogens (primary N) is 2. The molecule has 1 aromatic carbocycles. The van der Waals surface area contributed by atoms with Crippen molar-refractivity contribution < 1.29 is 9.94 Å². The molecule has 0 fully saturated rings. The molecule has 0 saturated carbocycles. The third-order valence-electron chi connectivity index (χ3n) is 2.40. The first-order valence-electron chi connectivity index (χ1n) is 5.28. The SMILES string of the molecule is N=C(N)c1ccc(CNCCON)c(CO)c1. The summed E-state index contributed by atoms with van der Waals surface area (Å²) in [5.74, 6) is 4.90. The van der Waals surface area contributed by atoms with Gasteiger partial charge in [0.05, 0.1) is 13.2 Å². The number of hydrogen-bond acceptors (Lipinski definition) is 5. The van der Waals surface area contributed by atoms with Crippen molar-refractivity contribution in [2.75, 3.05) is 13.2 Å². The molecule has 0 radical (unpaired) electrons. The summed E-state index contributed by atoms with van der Waals surface area (Å²) in [6, 6.07) is 5.33. The summed E-state index contributed by atoms with van der Waals surface area (Å²) in [5.41, 5.74) is 7.73. The minimum atomic E-state index is -0.0779. The Morgan fingerprint density at radius 2 is 2.18 bits per heavy atom. The van der Waals surface area contributed by atoms with Crippen molar-refractivity contribution in [3.63, 3.8) is 0 Å². The van der Waals surface area contributed by atoms with Gasteiger partial charge in [-0.3, -0.25) is 5.41 Å². The average molecular weight is 238 g/mol. The van der Waals surface area contributed by atoms with Gasteiger partial charge in [-0.05, 0) is 17.2 Å². The van der Waals surface area contributed by atoms with E-state index in [4.69, 9.17) is 17.0 Å². The number of rotatable bonds is 7. The Hall–Kier alpha value is -1.47. The smallest absolute Gasteiger partial charge is 0.122 e. The summed E-state index contributed by atoms with van der Waals surface area (Å²) < 4.78 is 0. The molecule has 6 nitrogen and oxygen atoms in total. The van der Waals surface area contributed by atoms with Gasteiger partial charge >= 0.3 is 0 Å². The van der Waals surface area contributed by atoms with Crippen molar-refractivity contribution in [3.05, 3.63) is 34.9 Å². The van der Waals surface area contributed by atoms with Crippen molar-refractivity contribution in [1.82, 2.24) is 5.32 Å². The first-order chi connectivity index (χ1) is 8.19. The van der Waals surface area contributed by atoms with E-state index in [-0.39, 0.29) is 12.4 Å². The van der Waals surface area contributed by atoms with Crippen LogP contribution in [-0.4, -0.2) is 24.1 Å². The maximum atomic E-state index is 9.24. The number of benzene rings is 1. The highest BCUT2D eigenvalue weighted by Gasteiger charge is 2.04. The van der Waals surface area contributed by atoms with Crippen LogP contribution in [-0.2, 0) is 18.0 Å². The number of nitrogen functional groups attached to an aromatic ring is 1. The Labute approximate surface area is 100 Å². The predicted octanol–water partition coefficient (Wildman–Crippen LogP) is -0.557. The second-order valence-corrected chi connectivity index (χ2v) is 3.60. The van der Waals surface area contributed by atoms with Crippen molar-refractivity contribution >= 4 is 5.84 Å². The lowest BCUT2D eigenvalue weighted by molar-refractivity contribution is 0.139. The summed E-state index contributed by atoms with van der Waals surface area (Å²) >= 11 is 0.